The second-order valence-corrected chi connectivity index (χ2v) is 25.2. The lowest BCUT2D eigenvalue weighted by atomic mass is 10.0. The van der Waals surface area contributed by atoms with Gasteiger partial charge in [-0.3, -0.25) is 14.2 Å². The van der Waals surface area contributed by atoms with E-state index in [-0.39, 0.29) is 32.0 Å². The molecule has 0 rings (SSSR count). The van der Waals surface area contributed by atoms with Crippen molar-refractivity contribution in [3.05, 3.63) is 97.2 Å². The van der Waals surface area contributed by atoms with Gasteiger partial charge in [-0.15, -0.1) is 0 Å². The average molecular weight is 1170 g/mol. The van der Waals surface area contributed by atoms with Crippen LogP contribution in [0.3, 0.4) is 0 Å². The number of esters is 2. The van der Waals surface area contributed by atoms with Crippen LogP contribution in [-0.2, 0) is 32.7 Å². The minimum Gasteiger partial charge on any atom is -0.756 e. The Labute approximate surface area is 506 Å². The van der Waals surface area contributed by atoms with E-state index in [1.807, 2.05) is 21.1 Å². The third-order valence-corrected chi connectivity index (χ3v) is 15.6. The molecule has 10 heteroatoms. The van der Waals surface area contributed by atoms with E-state index in [0.29, 0.717) is 17.4 Å². The van der Waals surface area contributed by atoms with Crippen molar-refractivity contribution in [1.29, 1.82) is 0 Å². The number of unbranched alkanes of at least 4 members (excludes halogenated alkanes) is 32. The number of hydrogen-bond acceptors (Lipinski definition) is 8. The van der Waals surface area contributed by atoms with Crippen LogP contribution in [0.5, 0.6) is 0 Å². The molecular weight excluding hydrogens is 1040 g/mol. The van der Waals surface area contributed by atoms with Crippen molar-refractivity contribution in [3.8, 4) is 0 Å². The van der Waals surface area contributed by atoms with Crippen molar-refractivity contribution < 1.29 is 42.1 Å². The molecule has 2 unspecified atom stereocenters. The summed E-state index contributed by atoms with van der Waals surface area (Å²) in [4.78, 5) is 38.0. The summed E-state index contributed by atoms with van der Waals surface area (Å²) in [6.45, 7) is 4.12. The van der Waals surface area contributed by atoms with Crippen molar-refractivity contribution in [2.24, 2.45) is 0 Å². The molecule has 0 bridgehead atoms. The Morgan fingerprint density at radius 2 is 0.695 bits per heavy atom. The molecule has 0 heterocycles. The normalized spacial score (nSPS) is 13.8. The van der Waals surface area contributed by atoms with Gasteiger partial charge in [-0.25, -0.2) is 0 Å². The monoisotopic (exact) mass is 1170 g/mol. The second-order valence-electron chi connectivity index (χ2n) is 23.8. The third-order valence-electron chi connectivity index (χ3n) is 14.6. The minimum absolute atomic E-state index is 0.0328. The molecule has 0 radical (unpaired) electrons. The Bertz CT molecular complexity index is 1710. The first-order valence-electron chi connectivity index (χ1n) is 33.9. The highest BCUT2D eigenvalue weighted by atomic mass is 31.2. The topological polar surface area (TPSA) is 111 Å². The molecule has 82 heavy (non-hydrogen) atoms. The van der Waals surface area contributed by atoms with Gasteiger partial charge in [-0.1, -0.05) is 284 Å². The van der Waals surface area contributed by atoms with E-state index in [9.17, 15) is 19.0 Å². The SMILES string of the molecule is CC/C=C\C/C=C\C/C=C\C/C=C\C/C=C\C/C=C\CCCCCCCCCCCCCCCCCCCCCCC(=O)OC(COC(=O)CCCCCCCCCCC/C=C\C/C=C\CCCCC)COP(=O)([O-])OCC[N+](C)(C)C. The summed E-state index contributed by atoms with van der Waals surface area (Å²) in [6.07, 6.45) is 86.3. The number of allylic oxidation sites excluding steroid dienone is 16. The number of ether oxygens (including phenoxy) is 2. The van der Waals surface area contributed by atoms with Crippen molar-refractivity contribution >= 4 is 19.8 Å². The highest BCUT2D eigenvalue weighted by Crippen LogP contribution is 2.38. The van der Waals surface area contributed by atoms with Crippen molar-refractivity contribution in [2.75, 3.05) is 47.5 Å². The number of rotatable bonds is 62. The van der Waals surface area contributed by atoms with Crippen molar-refractivity contribution in [2.45, 2.75) is 302 Å². The maximum Gasteiger partial charge on any atom is 0.306 e. The summed E-state index contributed by atoms with van der Waals surface area (Å²) in [5, 5.41) is 0. The molecule has 0 aliphatic rings. The van der Waals surface area contributed by atoms with Gasteiger partial charge in [0.2, 0.25) is 0 Å². The van der Waals surface area contributed by atoms with Crippen LogP contribution < -0.4 is 4.89 Å². The van der Waals surface area contributed by atoms with E-state index in [1.54, 1.807) is 0 Å². The lowest BCUT2D eigenvalue weighted by molar-refractivity contribution is -0.870. The van der Waals surface area contributed by atoms with E-state index in [2.05, 4.69) is 111 Å². The summed E-state index contributed by atoms with van der Waals surface area (Å²) in [5.74, 6) is -0.830. The van der Waals surface area contributed by atoms with Gasteiger partial charge >= 0.3 is 11.9 Å². The molecule has 0 saturated carbocycles. The second kappa shape index (κ2) is 62.5. The molecule has 9 nitrogen and oxygen atoms in total. The maximum absolute atomic E-state index is 12.8. The highest BCUT2D eigenvalue weighted by Gasteiger charge is 2.22. The molecule has 474 valence electrons. The zero-order chi connectivity index (χ0) is 59.8. The summed E-state index contributed by atoms with van der Waals surface area (Å²) < 4.78 is 34.3. The molecule has 2 atom stereocenters. The largest absolute Gasteiger partial charge is 0.756 e. The molecule has 0 saturated heterocycles. The van der Waals surface area contributed by atoms with Crippen LogP contribution >= 0.6 is 7.82 Å². The van der Waals surface area contributed by atoms with Crippen molar-refractivity contribution in [3.63, 3.8) is 0 Å². The number of likely N-dealkylation sites (N-methyl/N-ethyl adjacent to an activating group) is 1. The lowest BCUT2D eigenvalue weighted by Crippen LogP contribution is -2.37. The van der Waals surface area contributed by atoms with E-state index in [1.165, 1.54) is 167 Å². The van der Waals surface area contributed by atoms with E-state index >= 15 is 0 Å². The average Bonchev–Trinajstić information content (AvgIpc) is 3.46. The standard InChI is InChI=1S/C72H128NO8P/c1-6-8-10-12-14-16-18-20-22-24-26-27-28-29-30-31-32-33-34-35-36-37-38-39-40-41-42-43-44-45-47-49-51-53-55-57-59-61-63-65-72(75)81-70(69-80-82(76,77)79-67-66-73(3,4)5)68-78-71(74)64-62-60-58-56-54-52-50-48-46-25-23-21-19-17-15-13-11-9-7-2/h8,10,14-17,20-23,26-27,29-30,32-33,70H,6-7,9,11-13,18-19,24-25,28,31,34-69H2,1-5H3/b10-8-,16-14-,17-15-,22-20-,23-21-,27-26-,30-29-,33-32-. The quantitative estimate of drug-likeness (QED) is 0.0195. The van der Waals surface area contributed by atoms with Crippen LogP contribution in [0, 0.1) is 0 Å². The van der Waals surface area contributed by atoms with E-state index in [0.717, 1.165) is 96.3 Å². The molecule has 0 spiro atoms. The number of carbonyl (C=O) groups is 2. The zero-order valence-corrected chi connectivity index (χ0v) is 54.8. The molecule has 0 N–H and O–H groups in total. The predicted octanol–water partition coefficient (Wildman–Crippen LogP) is 21.3. The molecular formula is C72H128NO8P. The number of phosphoric ester groups is 1. The molecule has 0 aromatic heterocycles. The number of quaternary nitrogens is 1. The summed E-state index contributed by atoms with van der Waals surface area (Å²) in [6, 6.07) is 0. The number of phosphoric acid groups is 1. The maximum atomic E-state index is 12.8. The predicted molar refractivity (Wildman–Crippen MR) is 351 cm³/mol. The Morgan fingerprint density at radius 3 is 1.04 bits per heavy atom. The Morgan fingerprint density at radius 1 is 0.390 bits per heavy atom. The van der Waals surface area contributed by atoms with Crippen LogP contribution in [0.15, 0.2) is 97.2 Å². The van der Waals surface area contributed by atoms with Crippen LogP contribution in [0.25, 0.3) is 0 Å². The van der Waals surface area contributed by atoms with Gasteiger partial charge in [-0.2, -0.15) is 0 Å². The van der Waals surface area contributed by atoms with Crippen LogP contribution in [0.4, 0.5) is 0 Å². The Hall–Kier alpha value is -3.07. The van der Waals surface area contributed by atoms with Gasteiger partial charge in [0.1, 0.15) is 19.8 Å². The smallest absolute Gasteiger partial charge is 0.306 e. The van der Waals surface area contributed by atoms with Gasteiger partial charge in [0, 0.05) is 12.8 Å². The van der Waals surface area contributed by atoms with E-state index < -0.39 is 26.5 Å². The molecule has 0 aliphatic heterocycles. The van der Waals surface area contributed by atoms with Gasteiger partial charge in [0.25, 0.3) is 7.82 Å². The van der Waals surface area contributed by atoms with E-state index in [4.69, 9.17) is 18.5 Å². The Kier molecular flexibility index (Phi) is 60.1. The fourth-order valence-corrected chi connectivity index (χ4v) is 10.1. The summed E-state index contributed by atoms with van der Waals surface area (Å²) in [7, 11) is 1.17. The van der Waals surface area contributed by atoms with Gasteiger partial charge in [-0.05, 0) is 96.3 Å². The minimum atomic E-state index is -4.64. The fraction of sp³-hybridized carbons (Fsp3) is 0.750. The first kappa shape index (κ1) is 78.9. The van der Waals surface area contributed by atoms with Crippen molar-refractivity contribution in [1.82, 2.24) is 0 Å². The first-order valence-corrected chi connectivity index (χ1v) is 35.4. The Balaban J connectivity index is 3.98. The van der Waals surface area contributed by atoms with Gasteiger partial charge in [0.05, 0.1) is 27.7 Å². The number of hydrogen-bond donors (Lipinski definition) is 0. The van der Waals surface area contributed by atoms with Gasteiger partial charge in [0.15, 0.2) is 6.10 Å². The number of nitrogens with zero attached hydrogens (tertiary/aromatic N) is 1. The third kappa shape index (κ3) is 66.1. The van der Waals surface area contributed by atoms with Crippen LogP contribution in [0.1, 0.15) is 296 Å². The van der Waals surface area contributed by atoms with Gasteiger partial charge < -0.3 is 27.9 Å². The first-order chi connectivity index (χ1) is 40.0. The molecule has 0 aromatic carbocycles. The summed E-state index contributed by atoms with van der Waals surface area (Å²) in [5.41, 5.74) is 0. The lowest BCUT2D eigenvalue weighted by Gasteiger charge is -2.28. The van der Waals surface area contributed by atoms with Crippen LogP contribution in [0.2, 0.25) is 0 Å². The highest BCUT2D eigenvalue weighted by molar-refractivity contribution is 7.45. The summed E-state index contributed by atoms with van der Waals surface area (Å²) >= 11 is 0. The zero-order valence-electron chi connectivity index (χ0n) is 53.9. The van der Waals surface area contributed by atoms with Crippen LogP contribution in [-0.4, -0.2) is 70.0 Å². The molecule has 0 aromatic rings. The molecule has 0 amide bonds. The number of carbonyl (C=O) groups excluding carboxylic acids is 2. The molecule has 0 aliphatic carbocycles. The molecule has 0 fully saturated rings. The fourth-order valence-electron chi connectivity index (χ4n) is 9.40.